The standard InChI is InChI=1S/C15H17ClN4/c16-10-13-11-18-15(12-17-13)20-8-6-19(7-9-20)14-4-2-1-3-5-14/h1-5,11-12H,6-10H2. The van der Waals surface area contributed by atoms with Crippen LogP contribution >= 0.6 is 11.6 Å². The first-order valence-corrected chi connectivity index (χ1v) is 7.32. The number of nitrogens with zero attached hydrogens (tertiary/aromatic N) is 4. The second-order valence-corrected chi connectivity index (χ2v) is 5.08. The smallest absolute Gasteiger partial charge is 0.147 e. The molecule has 0 bridgehead atoms. The highest BCUT2D eigenvalue weighted by Crippen LogP contribution is 2.18. The van der Waals surface area contributed by atoms with Crippen molar-refractivity contribution in [3.05, 3.63) is 48.4 Å². The maximum absolute atomic E-state index is 5.73. The molecule has 2 aromatic rings. The lowest BCUT2D eigenvalue weighted by Gasteiger charge is -2.36. The summed E-state index contributed by atoms with van der Waals surface area (Å²) in [5.74, 6) is 1.35. The van der Waals surface area contributed by atoms with Crippen LogP contribution in [0.4, 0.5) is 11.5 Å². The zero-order valence-corrected chi connectivity index (χ0v) is 12.0. The predicted octanol–water partition coefficient (Wildman–Crippen LogP) is 2.54. The van der Waals surface area contributed by atoms with Crippen LogP contribution in [0.15, 0.2) is 42.7 Å². The average molecular weight is 289 g/mol. The van der Waals surface area contributed by atoms with Crippen LogP contribution in [0.25, 0.3) is 0 Å². The summed E-state index contributed by atoms with van der Waals surface area (Å²) < 4.78 is 0. The van der Waals surface area contributed by atoms with Crippen molar-refractivity contribution in [2.75, 3.05) is 36.0 Å². The van der Waals surface area contributed by atoms with Gasteiger partial charge in [0.2, 0.25) is 0 Å². The maximum Gasteiger partial charge on any atom is 0.147 e. The Morgan fingerprint density at radius 3 is 2.20 bits per heavy atom. The van der Waals surface area contributed by atoms with Crippen LogP contribution in [0.3, 0.4) is 0 Å². The Morgan fingerprint density at radius 2 is 1.60 bits per heavy atom. The molecule has 1 saturated heterocycles. The SMILES string of the molecule is ClCc1cnc(N2CCN(c3ccccc3)CC2)cn1. The molecular weight excluding hydrogens is 272 g/mol. The third-order valence-electron chi connectivity index (χ3n) is 3.55. The molecule has 0 aliphatic carbocycles. The van der Waals surface area contributed by atoms with Crippen LogP contribution in [0.2, 0.25) is 0 Å². The number of anilines is 2. The maximum atomic E-state index is 5.73. The molecule has 0 spiro atoms. The van der Waals surface area contributed by atoms with Crippen LogP contribution in [-0.4, -0.2) is 36.1 Å². The van der Waals surface area contributed by atoms with E-state index in [1.54, 1.807) is 6.20 Å². The van der Waals surface area contributed by atoms with Gasteiger partial charge in [0.05, 0.1) is 24.0 Å². The van der Waals surface area contributed by atoms with Gasteiger partial charge < -0.3 is 9.80 Å². The van der Waals surface area contributed by atoms with Gasteiger partial charge in [-0.3, -0.25) is 4.98 Å². The van der Waals surface area contributed by atoms with E-state index in [9.17, 15) is 0 Å². The van der Waals surface area contributed by atoms with Crippen LogP contribution < -0.4 is 9.80 Å². The number of halogens is 1. The fourth-order valence-corrected chi connectivity index (χ4v) is 2.55. The molecular formula is C15H17ClN4. The molecule has 0 N–H and O–H groups in total. The van der Waals surface area contributed by atoms with Gasteiger partial charge in [-0.2, -0.15) is 0 Å². The Bertz CT molecular complexity index is 536. The fourth-order valence-electron chi connectivity index (χ4n) is 2.41. The summed E-state index contributed by atoms with van der Waals surface area (Å²) in [7, 11) is 0. The predicted molar refractivity (Wildman–Crippen MR) is 82.5 cm³/mol. The summed E-state index contributed by atoms with van der Waals surface area (Å²) >= 11 is 5.73. The second-order valence-electron chi connectivity index (χ2n) is 4.81. The second kappa shape index (κ2) is 6.09. The highest BCUT2D eigenvalue weighted by Gasteiger charge is 2.18. The van der Waals surface area contributed by atoms with E-state index in [0.717, 1.165) is 37.7 Å². The molecule has 0 atom stereocenters. The number of benzene rings is 1. The molecule has 4 nitrogen and oxygen atoms in total. The minimum absolute atomic E-state index is 0.412. The van der Waals surface area contributed by atoms with Gasteiger partial charge >= 0.3 is 0 Å². The van der Waals surface area contributed by atoms with Gasteiger partial charge in [0.15, 0.2) is 0 Å². The number of aromatic nitrogens is 2. The lowest BCUT2D eigenvalue weighted by atomic mass is 10.2. The van der Waals surface area contributed by atoms with Crippen molar-refractivity contribution in [1.29, 1.82) is 0 Å². The van der Waals surface area contributed by atoms with Gasteiger partial charge in [0.1, 0.15) is 5.82 Å². The summed E-state index contributed by atoms with van der Waals surface area (Å²) in [5, 5.41) is 0. The number of alkyl halides is 1. The van der Waals surface area contributed by atoms with Crippen molar-refractivity contribution in [1.82, 2.24) is 9.97 Å². The van der Waals surface area contributed by atoms with E-state index in [1.807, 2.05) is 12.3 Å². The minimum atomic E-state index is 0.412. The summed E-state index contributed by atoms with van der Waals surface area (Å²) in [6, 6.07) is 10.5. The van der Waals surface area contributed by atoms with E-state index in [-0.39, 0.29) is 0 Å². The van der Waals surface area contributed by atoms with E-state index in [4.69, 9.17) is 11.6 Å². The highest BCUT2D eigenvalue weighted by atomic mass is 35.5. The first-order valence-electron chi connectivity index (χ1n) is 6.78. The number of piperazine rings is 1. The van der Waals surface area contributed by atoms with Crippen molar-refractivity contribution >= 4 is 23.1 Å². The quantitative estimate of drug-likeness (QED) is 0.813. The van der Waals surface area contributed by atoms with Gasteiger partial charge in [-0.25, -0.2) is 4.98 Å². The molecule has 20 heavy (non-hydrogen) atoms. The molecule has 5 heteroatoms. The summed E-state index contributed by atoms with van der Waals surface area (Å²) in [6.45, 7) is 3.93. The van der Waals surface area contributed by atoms with Gasteiger partial charge in [0.25, 0.3) is 0 Å². The molecule has 104 valence electrons. The third-order valence-corrected chi connectivity index (χ3v) is 3.83. The molecule has 1 aliphatic rings. The molecule has 3 rings (SSSR count). The Kier molecular flexibility index (Phi) is 4.02. The van der Waals surface area contributed by atoms with Crippen LogP contribution in [0.5, 0.6) is 0 Å². The Balaban J connectivity index is 1.63. The Morgan fingerprint density at radius 1 is 0.900 bits per heavy atom. The van der Waals surface area contributed by atoms with E-state index in [1.165, 1.54) is 5.69 Å². The van der Waals surface area contributed by atoms with E-state index in [0.29, 0.717) is 5.88 Å². The highest BCUT2D eigenvalue weighted by molar-refractivity contribution is 6.16. The molecule has 1 aromatic heterocycles. The lowest BCUT2D eigenvalue weighted by Crippen LogP contribution is -2.46. The molecule has 0 radical (unpaired) electrons. The largest absolute Gasteiger partial charge is 0.368 e. The molecule has 2 heterocycles. The Labute approximate surface area is 124 Å². The molecule has 1 fully saturated rings. The third kappa shape index (κ3) is 2.85. The van der Waals surface area contributed by atoms with E-state index >= 15 is 0 Å². The molecule has 0 unspecified atom stereocenters. The first-order chi connectivity index (χ1) is 9.86. The van der Waals surface area contributed by atoms with Crippen molar-refractivity contribution in [3.63, 3.8) is 0 Å². The van der Waals surface area contributed by atoms with Crippen LogP contribution in [0, 0.1) is 0 Å². The van der Waals surface area contributed by atoms with Crippen molar-refractivity contribution in [3.8, 4) is 0 Å². The molecule has 0 amide bonds. The van der Waals surface area contributed by atoms with Crippen molar-refractivity contribution in [2.45, 2.75) is 5.88 Å². The molecule has 1 aliphatic heterocycles. The fraction of sp³-hybridized carbons (Fsp3) is 0.333. The topological polar surface area (TPSA) is 32.3 Å². The van der Waals surface area contributed by atoms with Gasteiger partial charge in [0, 0.05) is 31.9 Å². The lowest BCUT2D eigenvalue weighted by molar-refractivity contribution is 0.646. The van der Waals surface area contributed by atoms with Crippen molar-refractivity contribution in [2.24, 2.45) is 0 Å². The number of hydrogen-bond acceptors (Lipinski definition) is 4. The average Bonchev–Trinajstić information content (AvgIpc) is 2.56. The van der Waals surface area contributed by atoms with E-state index < -0.39 is 0 Å². The molecule has 1 aromatic carbocycles. The van der Waals surface area contributed by atoms with Gasteiger partial charge in [-0.15, -0.1) is 11.6 Å². The monoisotopic (exact) mass is 288 g/mol. The minimum Gasteiger partial charge on any atom is -0.368 e. The summed E-state index contributed by atoms with van der Waals surface area (Å²) in [5.41, 5.74) is 2.11. The zero-order valence-electron chi connectivity index (χ0n) is 11.2. The number of hydrogen-bond donors (Lipinski definition) is 0. The van der Waals surface area contributed by atoms with Crippen LogP contribution in [-0.2, 0) is 5.88 Å². The number of para-hydroxylation sites is 1. The van der Waals surface area contributed by atoms with Gasteiger partial charge in [-0.1, -0.05) is 18.2 Å². The van der Waals surface area contributed by atoms with Crippen LogP contribution in [0.1, 0.15) is 5.69 Å². The normalized spacial score (nSPS) is 15.4. The van der Waals surface area contributed by atoms with Gasteiger partial charge in [-0.05, 0) is 12.1 Å². The van der Waals surface area contributed by atoms with Crippen molar-refractivity contribution < 1.29 is 0 Å². The summed E-state index contributed by atoms with van der Waals surface area (Å²) in [4.78, 5) is 13.4. The Hall–Kier alpha value is -1.81. The first kappa shape index (κ1) is 13.2. The molecule has 0 saturated carbocycles. The summed E-state index contributed by atoms with van der Waals surface area (Å²) in [6.07, 6.45) is 3.57. The zero-order chi connectivity index (χ0) is 13.8. The number of rotatable bonds is 3. The van der Waals surface area contributed by atoms with E-state index in [2.05, 4.69) is 44.0 Å².